The molecular weight excluding hydrogens is 374 g/mol. The van der Waals surface area contributed by atoms with Gasteiger partial charge in [-0.05, 0) is 50.5 Å². The van der Waals surface area contributed by atoms with Gasteiger partial charge in [-0.15, -0.1) is 6.58 Å². The molecule has 2 aliphatic carbocycles. The Morgan fingerprint density at radius 1 is 0.935 bits per heavy atom. The fraction of sp³-hybridized carbons (Fsp3) is 0.300. The highest BCUT2D eigenvalue weighted by atomic mass is 14.7. The van der Waals surface area contributed by atoms with Gasteiger partial charge in [0, 0.05) is 17.2 Å². The predicted molar refractivity (Wildman–Crippen MR) is 141 cm³/mol. The summed E-state index contributed by atoms with van der Waals surface area (Å²) in [6.45, 7) is 17.4. The Bertz CT molecular complexity index is 831. The molecule has 1 heteroatoms. The highest BCUT2D eigenvalue weighted by Gasteiger charge is 2.10. The molecule has 1 aromatic heterocycles. The zero-order valence-electron chi connectivity index (χ0n) is 20.6. The Labute approximate surface area is 191 Å². The van der Waals surface area contributed by atoms with Crippen molar-refractivity contribution in [2.75, 3.05) is 0 Å². The number of hydrogen-bond donors (Lipinski definition) is 0. The first-order valence-corrected chi connectivity index (χ1v) is 11.4. The molecule has 0 aliphatic heterocycles. The quantitative estimate of drug-likeness (QED) is 0.423. The molecule has 4 rings (SSSR count). The molecule has 1 unspecified atom stereocenters. The maximum absolute atomic E-state index is 4.50. The van der Waals surface area contributed by atoms with E-state index in [0.29, 0.717) is 5.92 Å². The van der Waals surface area contributed by atoms with Crippen molar-refractivity contribution in [3.05, 3.63) is 114 Å². The summed E-state index contributed by atoms with van der Waals surface area (Å²) in [5.41, 5.74) is 6.02. The first kappa shape index (κ1) is 28.1. The zero-order valence-corrected chi connectivity index (χ0v) is 20.6. The molecule has 0 radical (unpaired) electrons. The summed E-state index contributed by atoms with van der Waals surface area (Å²) >= 11 is 0. The van der Waals surface area contributed by atoms with Crippen molar-refractivity contribution in [3.63, 3.8) is 0 Å². The van der Waals surface area contributed by atoms with Gasteiger partial charge in [-0.25, -0.2) is 0 Å². The van der Waals surface area contributed by atoms with Crippen molar-refractivity contribution in [1.29, 1.82) is 0 Å². The van der Waals surface area contributed by atoms with Gasteiger partial charge in [-0.1, -0.05) is 107 Å². The number of aryl methyl sites for hydroxylation is 2. The highest BCUT2D eigenvalue weighted by molar-refractivity contribution is 5.59. The van der Waals surface area contributed by atoms with Gasteiger partial charge in [-0.2, -0.15) is 0 Å². The van der Waals surface area contributed by atoms with Gasteiger partial charge in [0.05, 0.1) is 5.69 Å². The molecule has 1 nitrogen and oxygen atoms in total. The van der Waals surface area contributed by atoms with Crippen LogP contribution in [0.4, 0.5) is 0 Å². The summed E-state index contributed by atoms with van der Waals surface area (Å²) in [6, 6.07) is 14.5. The Kier molecular flexibility index (Phi) is 16.2. The van der Waals surface area contributed by atoms with Crippen LogP contribution in [-0.2, 0) is 0 Å². The van der Waals surface area contributed by atoms with E-state index in [0.717, 1.165) is 11.4 Å². The summed E-state index contributed by atoms with van der Waals surface area (Å²) in [5.74, 6) is 0.662. The van der Waals surface area contributed by atoms with Crippen LogP contribution in [0.15, 0.2) is 103 Å². The highest BCUT2D eigenvalue weighted by Crippen LogP contribution is 2.25. The Hall–Kier alpha value is -2.93. The lowest BCUT2D eigenvalue weighted by Gasteiger charge is -2.16. The molecule has 0 amide bonds. The summed E-state index contributed by atoms with van der Waals surface area (Å²) in [4.78, 5) is 4.50. The Morgan fingerprint density at radius 3 is 2.16 bits per heavy atom. The minimum Gasteiger partial charge on any atom is -0.253 e. The molecule has 2 aliphatic rings. The Balaban J connectivity index is 0.000000464. The van der Waals surface area contributed by atoms with Crippen LogP contribution >= 0.6 is 0 Å². The largest absolute Gasteiger partial charge is 0.253 e. The predicted octanol–water partition coefficient (Wildman–Crippen LogP) is 9.23. The maximum Gasteiger partial charge on any atom is 0.0707 e. The Morgan fingerprint density at radius 2 is 1.58 bits per heavy atom. The summed E-state index contributed by atoms with van der Waals surface area (Å²) in [6.07, 6.45) is 18.1. The van der Waals surface area contributed by atoms with Gasteiger partial charge in [0.2, 0.25) is 0 Å². The number of fused-ring (bicyclic) bond motifs is 1. The van der Waals surface area contributed by atoms with Crippen molar-refractivity contribution >= 4 is 0 Å². The average molecular weight is 416 g/mol. The van der Waals surface area contributed by atoms with E-state index in [1.807, 2.05) is 59.7 Å². The second-order valence-corrected chi connectivity index (χ2v) is 6.63. The number of allylic oxidation sites excluding steroid dienone is 9. The van der Waals surface area contributed by atoms with Gasteiger partial charge >= 0.3 is 0 Å². The van der Waals surface area contributed by atoms with E-state index in [-0.39, 0.29) is 0 Å². The number of aromatic nitrogens is 1. The van der Waals surface area contributed by atoms with E-state index in [1.165, 1.54) is 23.1 Å². The molecule has 166 valence electrons. The van der Waals surface area contributed by atoms with Gasteiger partial charge in [0.1, 0.15) is 0 Å². The topological polar surface area (TPSA) is 12.9 Å². The lowest BCUT2D eigenvalue weighted by molar-refractivity contribution is 0.780. The lowest BCUT2D eigenvalue weighted by Crippen LogP contribution is -2.02. The molecule has 1 atom stereocenters. The van der Waals surface area contributed by atoms with Crippen LogP contribution in [0, 0.1) is 19.8 Å². The number of hydrogen-bond acceptors (Lipinski definition) is 1. The molecule has 2 aromatic rings. The number of benzene rings is 1. The van der Waals surface area contributed by atoms with Crippen molar-refractivity contribution < 1.29 is 0 Å². The maximum atomic E-state index is 4.50. The summed E-state index contributed by atoms with van der Waals surface area (Å²) < 4.78 is 0. The smallest absolute Gasteiger partial charge is 0.0707 e. The normalized spacial score (nSPS) is 14.4. The SMILES string of the molecule is C1=CCC2C=CC=CC2=C1.C=CC.CC.CC.Cc1cc(C)nc(-c2ccccc2)c1. The fourth-order valence-electron chi connectivity index (χ4n) is 3.00. The fourth-order valence-corrected chi connectivity index (χ4v) is 3.00. The summed E-state index contributed by atoms with van der Waals surface area (Å²) in [5, 5.41) is 0. The molecular formula is C30H41N. The lowest BCUT2D eigenvalue weighted by atomic mass is 9.88. The van der Waals surface area contributed by atoms with Crippen LogP contribution in [0.5, 0.6) is 0 Å². The molecule has 1 aromatic carbocycles. The van der Waals surface area contributed by atoms with E-state index in [4.69, 9.17) is 0 Å². The number of nitrogens with zero attached hydrogens (tertiary/aromatic N) is 1. The zero-order chi connectivity index (χ0) is 23.5. The van der Waals surface area contributed by atoms with E-state index in [2.05, 4.69) is 85.3 Å². The van der Waals surface area contributed by atoms with Gasteiger partial charge in [-0.3, -0.25) is 4.98 Å². The molecule has 1 heterocycles. The van der Waals surface area contributed by atoms with Crippen molar-refractivity contribution in [2.24, 2.45) is 5.92 Å². The van der Waals surface area contributed by atoms with Crippen LogP contribution < -0.4 is 0 Å². The van der Waals surface area contributed by atoms with Crippen LogP contribution in [-0.4, -0.2) is 4.98 Å². The van der Waals surface area contributed by atoms with Crippen molar-refractivity contribution in [1.82, 2.24) is 4.98 Å². The molecule has 0 fully saturated rings. The first-order chi connectivity index (χ1) is 15.1. The second kappa shape index (κ2) is 17.9. The monoisotopic (exact) mass is 415 g/mol. The van der Waals surface area contributed by atoms with Crippen molar-refractivity contribution in [2.45, 2.75) is 54.9 Å². The molecule has 0 saturated carbocycles. The molecule has 0 N–H and O–H groups in total. The molecule has 31 heavy (non-hydrogen) atoms. The molecule has 0 bridgehead atoms. The average Bonchev–Trinajstić information content (AvgIpc) is 2.83. The van der Waals surface area contributed by atoms with Crippen LogP contribution in [0.3, 0.4) is 0 Å². The van der Waals surface area contributed by atoms with Crippen LogP contribution in [0.2, 0.25) is 0 Å². The van der Waals surface area contributed by atoms with Gasteiger partial charge in [0.15, 0.2) is 0 Å². The van der Waals surface area contributed by atoms with Gasteiger partial charge < -0.3 is 0 Å². The number of rotatable bonds is 1. The summed E-state index contributed by atoms with van der Waals surface area (Å²) in [7, 11) is 0. The minimum atomic E-state index is 0.662. The van der Waals surface area contributed by atoms with E-state index in [9.17, 15) is 0 Å². The van der Waals surface area contributed by atoms with E-state index < -0.39 is 0 Å². The minimum absolute atomic E-state index is 0.662. The number of pyridine rings is 1. The van der Waals surface area contributed by atoms with Crippen LogP contribution in [0.25, 0.3) is 11.3 Å². The third-order valence-corrected chi connectivity index (χ3v) is 4.15. The third-order valence-electron chi connectivity index (χ3n) is 4.15. The second-order valence-electron chi connectivity index (χ2n) is 6.63. The molecule has 0 saturated heterocycles. The standard InChI is InChI=1S/C13H13N.C10H10.C3H6.2C2H6/c1-10-8-11(2)14-13(9-10)12-6-4-3-5-7-12;1-2-6-10-8-4-3-7-9(10)5-1;1-3-2;2*1-2/h3-9H,1-2H3;1-7,10H,8H2;3H,1H2,2H3;2*1-2H3. The van der Waals surface area contributed by atoms with Gasteiger partial charge in [0.25, 0.3) is 0 Å². The third kappa shape index (κ3) is 11.1. The van der Waals surface area contributed by atoms with E-state index in [1.54, 1.807) is 6.08 Å². The van der Waals surface area contributed by atoms with E-state index >= 15 is 0 Å². The van der Waals surface area contributed by atoms with Crippen LogP contribution in [0.1, 0.15) is 52.3 Å². The van der Waals surface area contributed by atoms with Crippen molar-refractivity contribution in [3.8, 4) is 11.3 Å². The molecule has 0 spiro atoms. The first-order valence-electron chi connectivity index (χ1n) is 11.4.